The van der Waals surface area contributed by atoms with Gasteiger partial charge in [-0.1, -0.05) is 48.5 Å². The number of hydrogen-bond donors (Lipinski definition) is 1. The second-order valence-electron chi connectivity index (χ2n) is 4.49. The molecule has 3 rings (SSSR count). The third-order valence-corrected chi connectivity index (χ3v) is 3.35. The van der Waals surface area contributed by atoms with Gasteiger partial charge in [0.05, 0.1) is 6.04 Å². The Morgan fingerprint density at radius 3 is 1.89 bits per heavy atom. The van der Waals surface area contributed by atoms with Gasteiger partial charge in [0.25, 0.3) is 0 Å². The normalized spacial score (nSPS) is 13.0. The monoisotopic (exact) mass is 239 g/mol. The van der Waals surface area contributed by atoms with Gasteiger partial charge in [0.15, 0.2) is 0 Å². The van der Waals surface area contributed by atoms with E-state index in [1.807, 2.05) is 48.5 Å². The summed E-state index contributed by atoms with van der Waals surface area (Å²) in [6.45, 7) is -0.544. The summed E-state index contributed by atoms with van der Waals surface area (Å²) in [6, 6.07) is 17.5. The van der Waals surface area contributed by atoms with Crippen LogP contribution >= 0.6 is 0 Å². The molecule has 0 spiro atoms. The number of benzene rings is 3. The van der Waals surface area contributed by atoms with E-state index in [9.17, 15) is 4.39 Å². The van der Waals surface area contributed by atoms with Crippen LogP contribution in [0.2, 0.25) is 0 Å². The number of fused-ring (bicyclic) bond motifs is 2. The van der Waals surface area contributed by atoms with Crippen LogP contribution in [0.4, 0.5) is 4.39 Å². The van der Waals surface area contributed by atoms with E-state index in [0.29, 0.717) is 0 Å². The molecule has 0 amide bonds. The van der Waals surface area contributed by atoms with E-state index >= 15 is 0 Å². The molecular formula is C16H14FN. The summed E-state index contributed by atoms with van der Waals surface area (Å²) in [6.07, 6.45) is 0. The Kier molecular flexibility index (Phi) is 2.73. The van der Waals surface area contributed by atoms with Crippen LogP contribution < -0.4 is 5.73 Å². The SMILES string of the molecule is N[C@H](CF)c1c2ccccc2cc2ccccc12. The number of nitrogens with two attached hydrogens (primary N) is 1. The summed E-state index contributed by atoms with van der Waals surface area (Å²) in [5, 5.41) is 4.30. The van der Waals surface area contributed by atoms with Gasteiger partial charge < -0.3 is 5.73 Å². The van der Waals surface area contributed by atoms with Crippen LogP contribution in [0, 0.1) is 0 Å². The second-order valence-corrected chi connectivity index (χ2v) is 4.49. The Balaban J connectivity index is 2.49. The fourth-order valence-electron chi connectivity index (χ4n) is 2.53. The van der Waals surface area contributed by atoms with Gasteiger partial charge in [0, 0.05) is 0 Å². The van der Waals surface area contributed by atoms with Crippen molar-refractivity contribution in [2.24, 2.45) is 5.73 Å². The summed E-state index contributed by atoms with van der Waals surface area (Å²) < 4.78 is 13.0. The van der Waals surface area contributed by atoms with E-state index in [0.717, 1.165) is 27.1 Å². The third-order valence-electron chi connectivity index (χ3n) is 3.35. The number of halogens is 1. The van der Waals surface area contributed by atoms with Crippen molar-refractivity contribution in [3.63, 3.8) is 0 Å². The minimum Gasteiger partial charge on any atom is -0.322 e. The van der Waals surface area contributed by atoms with E-state index in [1.54, 1.807) is 0 Å². The molecule has 1 atom stereocenters. The summed E-state index contributed by atoms with van der Waals surface area (Å²) in [7, 11) is 0. The fourth-order valence-corrected chi connectivity index (χ4v) is 2.53. The summed E-state index contributed by atoms with van der Waals surface area (Å²) in [5.74, 6) is 0. The molecule has 3 aromatic rings. The molecule has 0 heterocycles. The maximum Gasteiger partial charge on any atom is 0.109 e. The van der Waals surface area contributed by atoms with Crippen molar-refractivity contribution >= 4 is 21.5 Å². The molecule has 0 aliphatic rings. The minimum atomic E-state index is -0.569. The highest BCUT2D eigenvalue weighted by atomic mass is 19.1. The highest BCUT2D eigenvalue weighted by Crippen LogP contribution is 2.31. The molecule has 2 heteroatoms. The predicted octanol–water partition coefficient (Wildman–Crippen LogP) is 3.96. The van der Waals surface area contributed by atoms with Gasteiger partial charge in [-0.05, 0) is 33.2 Å². The molecule has 0 saturated heterocycles. The van der Waals surface area contributed by atoms with Gasteiger partial charge in [-0.25, -0.2) is 4.39 Å². The quantitative estimate of drug-likeness (QED) is 0.673. The average molecular weight is 239 g/mol. The molecule has 0 radical (unpaired) electrons. The van der Waals surface area contributed by atoms with Crippen LogP contribution in [0.5, 0.6) is 0 Å². The maximum absolute atomic E-state index is 13.0. The Morgan fingerprint density at radius 2 is 1.39 bits per heavy atom. The Labute approximate surface area is 105 Å². The zero-order valence-corrected chi connectivity index (χ0v) is 9.94. The third kappa shape index (κ3) is 1.66. The Hall–Kier alpha value is -1.93. The van der Waals surface area contributed by atoms with Crippen LogP contribution in [-0.2, 0) is 0 Å². The molecule has 0 aromatic heterocycles. The molecule has 18 heavy (non-hydrogen) atoms. The van der Waals surface area contributed by atoms with Crippen LogP contribution in [-0.4, -0.2) is 6.67 Å². The van der Waals surface area contributed by atoms with E-state index in [1.165, 1.54) is 0 Å². The number of alkyl halides is 1. The van der Waals surface area contributed by atoms with Crippen molar-refractivity contribution < 1.29 is 4.39 Å². The van der Waals surface area contributed by atoms with Crippen molar-refractivity contribution in [1.29, 1.82) is 0 Å². The van der Waals surface area contributed by atoms with E-state index < -0.39 is 12.7 Å². The molecule has 0 saturated carbocycles. The number of rotatable bonds is 2. The maximum atomic E-state index is 13.0. The summed E-state index contributed by atoms with van der Waals surface area (Å²) >= 11 is 0. The van der Waals surface area contributed by atoms with Gasteiger partial charge in [-0.15, -0.1) is 0 Å². The van der Waals surface area contributed by atoms with Gasteiger partial charge in [0.2, 0.25) is 0 Å². The second kappa shape index (κ2) is 4.39. The van der Waals surface area contributed by atoms with Crippen molar-refractivity contribution in [3.05, 3.63) is 60.2 Å². The standard InChI is InChI=1S/C16H14FN/c17-10-15(18)16-13-7-3-1-5-11(13)9-12-6-2-4-8-14(12)16/h1-9,15H,10,18H2/t15-/m1/s1. The minimum absolute atomic E-state index is 0.544. The first kappa shape index (κ1) is 11.2. The highest BCUT2D eigenvalue weighted by Gasteiger charge is 2.13. The van der Waals surface area contributed by atoms with E-state index in [-0.39, 0.29) is 0 Å². The fraction of sp³-hybridized carbons (Fsp3) is 0.125. The van der Waals surface area contributed by atoms with Crippen molar-refractivity contribution in [2.75, 3.05) is 6.67 Å². The topological polar surface area (TPSA) is 26.0 Å². The highest BCUT2D eigenvalue weighted by molar-refractivity contribution is 6.02. The summed E-state index contributed by atoms with van der Waals surface area (Å²) in [5.41, 5.74) is 6.86. The van der Waals surface area contributed by atoms with Crippen LogP contribution in [0.15, 0.2) is 54.6 Å². The van der Waals surface area contributed by atoms with Gasteiger partial charge in [0.1, 0.15) is 6.67 Å². The first-order valence-corrected chi connectivity index (χ1v) is 6.03. The van der Waals surface area contributed by atoms with Crippen molar-refractivity contribution in [3.8, 4) is 0 Å². The van der Waals surface area contributed by atoms with Crippen molar-refractivity contribution in [1.82, 2.24) is 0 Å². The van der Waals surface area contributed by atoms with Gasteiger partial charge in [-0.3, -0.25) is 0 Å². The zero-order valence-electron chi connectivity index (χ0n) is 9.94. The lowest BCUT2D eigenvalue weighted by molar-refractivity contribution is 0.440. The largest absolute Gasteiger partial charge is 0.322 e. The molecule has 0 unspecified atom stereocenters. The smallest absolute Gasteiger partial charge is 0.109 e. The van der Waals surface area contributed by atoms with E-state index in [4.69, 9.17) is 5.73 Å². The molecule has 3 aromatic carbocycles. The molecule has 1 nitrogen and oxygen atoms in total. The molecule has 0 fully saturated rings. The molecule has 90 valence electrons. The molecule has 0 aliphatic carbocycles. The lowest BCUT2D eigenvalue weighted by Gasteiger charge is -2.15. The van der Waals surface area contributed by atoms with Crippen molar-refractivity contribution in [2.45, 2.75) is 6.04 Å². The van der Waals surface area contributed by atoms with Gasteiger partial charge >= 0.3 is 0 Å². The van der Waals surface area contributed by atoms with Crippen LogP contribution in [0.1, 0.15) is 11.6 Å². The zero-order chi connectivity index (χ0) is 12.5. The molecule has 0 aliphatic heterocycles. The average Bonchev–Trinajstić information content (AvgIpc) is 2.44. The molecule has 0 bridgehead atoms. The van der Waals surface area contributed by atoms with Crippen LogP contribution in [0.25, 0.3) is 21.5 Å². The van der Waals surface area contributed by atoms with E-state index in [2.05, 4.69) is 6.07 Å². The molecule has 2 N–H and O–H groups in total. The van der Waals surface area contributed by atoms with Crippen LogP contribution in [0.3, 0.4) is 0 Å². The number of hydrogen-bond acceptors (Lipinski definition) is 1. The summed E-state index contributed by atoms with van der Waals surface area (Å²) in [4.78, 5) is 0. The Bertz CT molecular complexity index is 652. The van der Waals surface area contributed by atoms with Gasteiger partial charge in [-0.2, -0.15) is 0 Å². The lowest BCUT2D eigenvalue weighted by Crippen LogP contribution is -2.13. The first-order chi connectivity index (χ1) is 8.81. The Morgan fingerprint density at radius 1 is 0.889 bits per heavy atom. The lowest BCUT2D eigenvalue weighted by atomic mass is 9.93. The molecular weight excluding hydrogens is 225 g/mol. The first-order valence-electron chi connectivity index (χ1n) is 6.03. The predicted molar refractivity (Wildman–Crippen MR) is 74.4 cm³/mol.